The first-order chi connectivity index (χ1) is 12.0. The number of carbonyl (C=O) groups excluding carboxylic acids is 4. The maximum Gasteiger partial charge on any atom is 0.336 e. The maximum absolute atomic E-state index is 11.5. The molecular weight excluding hydrogens is 356 g/mol. The first-order valence-corrected chi connectivity index (χ1v) is 7.56. The van der Waals surface area contributed by atoms with Crippen LogP contribution in [-0.4, -0.2) is 72.1 Å². The van der Waals surface area contributed by atoms with Gasteiger partial charge in [-0.05, 0) is 0 Å². The number of rotatable bonds is 6. The average molecular weight is 376 g/mol. The zero-order chi connectivity index (χ0) is 20.0. The summed E-state index contributed by atoms with van der Waals surface area (Å²) in [5.41, 5.74) is 0. The number of carboxylic acids is 1. The number of carboxylic acid groups (broad SMARTS) is 1. The SMILES string of the molecule is CC(=O)OC[C@H]1OC(C(=O)O)[C@H](OC(C)=O)[C@@H](OC(C)=O)[C@@H]1OC(C)=O. The van der Waals surface area contributed by atoms with Gasteiger partial charge < -0.3 is 28.8 Å². The Hall–Kier alpha value is -2.69. The average Bonchev–Trinajstić information content (AvgIpc) is 2.47. The maximum atomic E-state index is 11.5. The van der Waals surface area contributed by atoms with Crippen molar-refractivity contribution in [1.82, 2.24) is 0 Å². The van der Waals surface area contributed by atoms with Crippen molar-refractivity contribution in [3.05, 3.63) is 0 Å². The standard InChI is InChI=1S/C15H20O11/c1-6(16)22-5-10-11(23-7(2)17)12(24-8(3)18)13(25-9(4)19)14(26-10)15(20)21/h10-14H,5H2,1-4H3,(H,20,21)/t10-,11-,12+,13-,14?/m1/s1. The van der Waals surface area contributed by atoms with Crippen LogP contribution in [0.4, 0.5) is 0 Å². The van der Waals surface area contributed by atoms with E-state index in [1.807, 2.05) is 0 Å². The third kappa shape index (κ3) is 5.99. The smallest absolute Gasteiger partial charge is 0.336 e. The van der Waals surface area contributed by atoms with Crippen molar-refractivity contribution in [2.24, 2.45) is 0 Å². The third-order valence-corrected chi connectivity index (χ3v) is 3.23. The molecule has 146 valence electrons. The van der Waals surface area contributed by atoms with Crippen LogP contribution in [0.25, 0.3) is 0 Å². The van der Waals surface area contributed by atoms with Gasteiger partial charge in [-0.3, -0.25) is 19.2 Å². The molecule has 11 heteroatoms. The Balaban J connectivity index is 3.29. The van der Waals surface area contributed by atoms with Gasteiger partial charge in [0, 0.05) is 27.7 Å². The molecule has 0 amide bonds. The van der Waals surface area contributed by atoms with E-state index in [1.165, 1.54) is 0 Å². The molecule has 1 aliphatic rings. The van der Waals surface area contributed by atoms with Gasteiger partial charge in [0.1, 0.15) is 12.7 Å². The van der Waals surface area contributed by atoms with Gasteiger partial charge in [-0.1, -0.05) is 0 Å². The number of carbonyl (C=O) groups is 5. The predicted molar refractivity (Wildman–Crippen MR) is 79.6 cm³/mol. The number of hydrogen-bond acceptors (Lipinski definition) is 10. The summed E-state index contributed by atoms with van der Waals surface area (Å²) in [5.74, 6) is -4.68. The van der Waals surface area contributed by atoms with Gasteiger partial charge in [0.15, 0.2) is 24.4 Å². The number of aliphatic carboxylic acids is 1. The van der Waals surface area contributed by atoms with Gasteiger partial charge in [-0.25, -0.2) is 4.79 Å². The minimum atomic E-state index is -1.74. The molecule has 0 saturated carbocycles. The summed E-state index contributed by atoms with van der Waals surface area (Å²) in [4.78, 5) is 56.8. The van der Waals surface area contributed by atoms with E-state index >= 15 is 0 Å². The molecule has 1 N–H and O–H groups in total. The Morgan fingerprint density at radius 1 is 0.769 bits per heavy atom. The molecule has 26 heavy (non-hydrogen) atoms. The molecule has 0 aromatic rings. The molecule has 1 saturated heterocycles. The van der Waals surface area contributed by atoms with Crippen LogP contribution in [0.3, 0.4) is 0 Å². The largest absolute Gasteiger partial charge is 0.479 e. The quantitative estimate of drug-likeness (QED) is 0.458. The summed E-state index contributed by atoms with van der Waals surface area (Å²) in [6.07, 6.45) is -7.42. The molecule has 1 rings (SSSR count). The second-order valence-corrected chi connectivity index (χ2v) is 5.46. The van der Waals surface area contributed by atoms with E-state index in [0.29, 0.717) is 0 Å². The third-order valence-electron chi connectivity index (χ3n) is 3.23. The van der Waals surface area contributed by atoms with Crippen LogP contribution in [0.2, 0.25) is 0 Å². The van der Waals surface area contributed by atoms with Gasteiger partial charge >= 0.3 is 29.8 Å². The minimum Gasteiger partial charge on any atom is -0.479 e. The zero-order valence-corrected chi connectivity index (χ0v) is 14.6. The Labute approximate surface area is 148 Å². The molecule has 1 fully saturated rings. The topological polar surface area (TPSA) is 152 Å². The first-order valence-electron chi connectivity index (χ1n) is 7.56. The van der Waals surface area contributed by atoms with Crippen LogP contribution in [0, 0.1) is 0 Å². The highest BCUT2D eigenvalue weighted by atomic mass is 16.7. The molecule has 0 bridgehead atoms. The molecule has 0 aliphatic carbocycles. The predicted octanol–water partition coefficient (Wildman–Crippen LogP) is -0.803. The van der Waals surface area contributed by atoms with Crippen LogP contribution < -0.4 is 0 Å². The van der Waals surface area contributed by atoms with Gasteiger partial charge in [-0.2, -0.15) is 0 Å². The number of hydrogen-bond donors (Lipinski definition) is 1. The summed E-state index contributed by atoms with van der Waals surface area (Å²) in [6.45, 7) is 3.78. The van der Waals surface area contributed by atoms with Crippen molar-refractivity contribution in [2.45, 2.75) is 58.2 Å². The Bertz CT molecular complexity index is 584. The van der Waals surface area contributed by atoms with E-state index in [1.54, 1.807) is 0 Å². The van der Waals surface area contributed by atoms with Crippen molar-refractivity contribution in [2.75, 3.05) is 6.61 Å². The summed E-state index contributed by atoms with van der Waals surface area (Å²) in [7, 11) is 0. The monoisotopic (exact) mass is 376 g/mol. The Morgan fingerprint density at radius 2 is 1.23 bits per heavy atom. The second-order valence-electron chi connectivity index (χ2n) is 5.46. The molecule has 0 spiro atoms. The van der Waals surface area contributed by atoms with Crippen LogP contribution in [0.15, 0.2) is 0 Å². The normalized spacial score (nSPS) is 27.8. The number of esters is 4. The summed E-state index contributed by atoms with van der Waals surface area (Å²) < 4.78 is 25.2. The van der Waals surface area contributed by atoms with Gasteiger partial charge in [0.25, 0.3) is 0 Å². The van der Waals surface area contributed by atoms with Crippen LogP contribution >= 0.6 is 0 Å². The molecule has 1 aliphatic heterocycles. The molecule has 0 aromatic heterocycles. The zero-order valence-electron chi connectivity index (χ0n) is 14.6. The lowest BCUT2D eigenvalue weighted by atomic mass is 9.94. The fourth-order valence-corrected chi connectivity index (χ4v) is 2.43. The second kappa shape index (κ2) is 9.13. The van der Waals surface area contributed by atoms with Gasteiger partial charge in [0.2, 0.25) is 0 Å². The molecular formula is C15H20O11. The van der Waals surface area contributed by atoms with E-state index in [-0.39, 0.29) is 0 Å². The van der Waals surface area contributed by atoms with Gasteiger partial charge in [-0.15, -0.1) is 0 Å². The fourth-order valence-electron chi connectivity index (χ4n) is 2.43. The lowest BCUT2D eigenvalue weighted by Crippen LogP contribution is -2.64. The molecule has 11 nitrogen and oxygen atoms in total. The van der Waals surface area contributed by atoms with Crippen LogP contribution in [0.1, 0.15) is 27.7 Å². The minimum absolute atomic E-state index is 0.471. The molecule has 5 atom stereocenters. The van der Waals surface area contributed by atoms with Crippen molar-refractivity contribution in [3.8, 4) is 0 Å². The fraction of sp³-hybridized carbons (Fsp3) is 0.667. The highest BCUT2D eigenvalue weighted by Gasteiger charge is 2.54. The summed E-state index contributed by atoms with van der Waals surface area (Å²) in [5, 5.41) is 9.36. The van der Waals surface area contributed by atoms with Crippen molar-refractivity contribution in [1.29, 1.82) is 0 Å². The highest BCUT2D eigenvalue weighted by Crippen LogP contribution is 2.29. The van der Waals surface area contributed by atoms with Crippen LogP contribution in [0.5, 0.6) is 0 Å². The van der Waals surface area contributed by atoms with E-state index in [0.717, 1.165) is 27.7 Å². The number of ether oxygens (including phenoxy) is 5. The lowest BCUT2D eigenvalue weighted by molar-refractivity contribution is -0.252. The Kier molecular flexibility index (Phi) is 7.50. The van der Waals surface area contributed by atoms with Crippen molar-refractivity contribution in [3.63, 3.8) is 0 Å². The van der Waals surface area contributed by atoms with Crippen molar-refractivity contribution >= 4 is 29.8 Å². The van der Waals surface area contributed by atoms with Crippen LogP contribution in [-0.2, 0) is 47.7 Å². The lowest BCUT2D eigenvalue weighted by Gasteiger charge is -2.42. The molecule has 0 aromatic carbocycles. The highest BCUT2D eigenvalue weighted by molar-refractivity contribution is 5.75. The molecule has 1 unspecified atom stereocenters. The van der Waals surface area contributed by atoms with E-state index in [4.69, 9.17) is 23.7 Å². The first kappa shape index (κ1) is 21.4. The Morgan fingerprint density at radius 3 is 1.65 bits per heavy atom. The van der Waals surface area contributed by atoms with E-state index < -0.39 is 67.0 Å². The van der Waals surface area contributed by atoms with E-state index in [2.05, 4.69) is 0 Å². The van der Waals surface area contributed by atoms with E-state index in [9.17, 15) is 29.1 Å². The molecule has 1 heterocycles. The van der Waals surface area contributed by atoms with Crippen molar-refractivity contribution < 1.29 is 52.8 Å². The molecule has 0 radical (unpaired) electrons. The summed E-state index contributed by atoms with van der Waals surface area (Å²) >= 11 is 0. The summed E-state index contributed by atoms with van der Waals surface area (Å²) in [6, 6.07) is 0. The van der Waals surface area contributed by atoms with Gasteiger partial charge in [0.05, 0.1) is 0 Å².